The van der Waals surface area contributed by atoms with Crippen LogP contribution in [-0.2, 0) is 11.2 Å². The summed E-state index contributed by atoms with van der Waals surface area (Å²) in [6.07, 6.45) is 0.0366. The van der Waals surface area contributed by atoms with Gasteiger partial charge in [-0.3, -0.25) is 4.79 Å². The molecule has 3 nitrogen and oxygen atoms in total. The first kappa shape index (κ1) is 14.1. The Morgan fingerprint density at radius 1 is 1.15 bits per heavy atom. The second-order valence-corrected chi connectivity index (χ2v) is 4.39. The van der Waals surface area contributed by atoms with Crippen LogP contribution in [0.3, 0.4) is 0 Å². The number of benzene rings is 2. The van der Waals surface area contributed by atoms with Crippen molar-refractivity contribution < 1.29 is 14.3 Å². The van der Waals surface area contributed by atoms with Gasteiger partial charge in [0.15, 0.2) is 0 Å². The minimum absolute atomic E-state index is 0.0366. The van der Waals surface area contributed by atoms with Crippen LogP contribution in [0.2, 0.25) is 0 Å². The summed E-state index contributed by atoms with van der Waals surface area (Å²) in [4.78, 5) is 13.7. The Kier molecular flexibility index (Phi) is 4.35. The van der Waals surface area contributed by atoms with Crippen LogP contribution < -0.4 is 4.90 Å². The maximum Gasteiger partial charge on any atom is 0.231 e. The molecule has 0 unspecified atom stereocenters. The van der Waals surface area contributed by atoms with Gasteiger partial charge < -0.3 is 10.0 Å². The van der Waals surface area contributed by atoms with E-state index in [1.807, 2.05) is 0 Å². The molecule has 0 atom stereocenters. The first-order valence-corrected chi connectivity index (χ1v) is 6.45. The van der Waals surface area contributed by atoms with Crippen molar-refractivity contribution in [2.24, 2.45) is 0 Å². The van der Waals surface area contributed by atoms with Gasteiger partial charge in [0.2, 0.25) is 5.91 Å². The number of rotatable bonds is 4. The summed E-state index contributed by atoms with van der Waals surface area (Å²) < 4.78 is 13.8. The van der Waals surface area contributed by atoms with Gasteiger partial charge in [-0.2, -0.15) is 0 Å². The summed E-state index contributed by atoms with van der Waals surface area (Å²) in [5.41, 5.74) is 0.794. The van der Waals surface area contributed by atoms with Gasteiger partial charge >= 0.3 is 0 Å². The fourth-order valence-corrected chi connectivity index (χ4v) is 2.07. The Hall–Kier alpha value is -2.36. The highest BCUT2D eigenvalue weighted by Gasteiger charge is 2.18. The third-order valence-corrected chi connectivity index (χ3v) is 3.09. The van der Waals surface area contributed by atoms with Gasteiger partial charge in [0.05, 0.1) is 12.1 Å². The highest BCUT2D eigenvalue weighted by molar-refractivity contribution is 5.95. The molecule has 0 radical (unpaired) electrons. The number of hydrogen-bond acceptors (Lipinski definition) is 2. The molecular weight excluding hydrogens is 257 g/mol. The van der Waals surface area contributed by atoms with Gasteiger partial charge in [0, 0.05) is 12.1 Å². The smallest absolute Gasteiger partial charge is 0.231 e. The van der Waals surface area contributed by atoms with Gasteiger partial charge in [0.1, 0.15) is 11.6 Å². The van der Waals surface area contributed by atoms with Crippen molar-refractivity contribution in [1.29, 1.82) is 0 Å². The summed E-state index contributed by atoms with van der Waals surface area (Å²) in [6, 6.07) is 12.8. The first-order valence-electron chi connectivity index (χ1n) is 6.45. The van der Waals surface area contributed by atoms with Crippen LogP contribution >= 0.6 is 0 Å². The van der Waals surface area contributed by atoms with Crippen LogP contribution in [0, 0.1) is 5.82 Å². The minimum atomic E-state index is -0.431. The van der Waals surface area contributed by atoms with E-state index in [1.165, 1.54) is 17.0 Å². The molecule has 2 aromatic carbocycles. The quantitative estimate of drug-likeness (QED) is 0.929. The van der Waals surface area contributed by atoms with Crippen molar-refractivity contribution in [2.75, 3.05) is 11.4 Å². The molecule has 0 bridgehead atoms. The molecule has 1 N–H and O–H groups in total. The van der Waals surface area contributed by atoms with Gasteiger partial charge in [-0.25, -0.2) is 4.39 Å². The molecular formula is C16H16FNO2. The second kappa shape index (κ2) is 6.19. The molecule has 0 aromatic heterocycles. The summed E-state index contributed by atoms with van der Waals surface area (Å²) in [5, 5.41) is 9.69. The number of carbonyl (C=O) groups excluding carboxylic acids is 1. The van der Waals surface area contributed by atoms with Crippen molar-refractivity contribution in [3.8, 4) is 5.75 Å². The lowest BCUT2D eigenvalue weighted by atomic mass is 10.1. The van der Waals surface area contributed by atoms with Crippen molar-refractivity contribution in [3.05, 3.63) is 59.9 Å². The monoisotopic (exact) mass is 273 g/mol. The Bertz CT molecular complexity index is 613. The number of anilines is 1. The van der Waals surface area contributed by atoms with E-state index in [1.54, 1.807) is 43.3 Å². The van der Waals surface area contributed by atoms with Crippen molar-refractivity contribution in [3.63, 3.8) is 0 Å². The number of phenols is 1. The zero-order chi connectivity index (χ0) is 14.5. The lowest BCUT2D eigenvalue weighted by Gasteiger charge is -2.21. The average Bonchev–Trinajstić information content (AvgIpc) is 2.44. The number of para-hydroxylation sites is 2. The summed E-state index contributed by atoms with van der Waals surface area (Å²) >= 11 is 0. The van der Waals surface area contributed by atoms with Crippen LogP contribution in [-0.4, -0.2) is 17.6 Å². The zero-order valence-corrected chi connectivity index (χ0v) is 11.2. The number of likely N-dealkylation sites (N-methyl/N-ethyl adjacent to an activating group) is 1. The molecule has 0 aliphatic carbocycles. The lowest BCUT2D eigenvalue weighted by molar-refractivity contribution is -0.118. The Morgan fingerprint density at radius 2 is 1.80 bits per heavy atom. The van der Waals surface area contributed by atoms with E-state index in [9.17, 15) is 14.3 Å². The maximum absolute atomic E-state index is 13.8. The molecule has 0 aliphatic rings. The highest BCUT2D eigenvalue weighted by atomic mass is 19.1. The summed E-state index contributed by atoms with van der Waals surface area (Å²) in [7, 11) is 0. The molecule has 2 aromatic rings. The SMILES string of the molecule is CCN(C(=O)Cc1ccccc1O)c1ccccc1F. The Balaban J connectivity index is 2.23. The molecule has 0 saturated heterocycles. The van der Waals surface area contributed by atoms with Crippen LogP contribution in [0.5, 0.6) is 5.75 Å². The first-order chi connectivity index (χ1) is 9.63. The molecule has 1 amide bonds. The van der Waals surface area contributed by atoms with E-state index >= 15 is 0 Å². The van der Waals surface area contributed by atoms with E-state index < -0.39 is 5.82 Å². The Labute approximate surface area is 117 Å². The van der Waals surface area contributed by atoms with Gasteiger partial charge in [-0.15, -0.1) is 0 Å². The predicted octanol–water partition coefficient (Wildman–Crippen LogP) is 3.13. The maximum atomic E-state index is 13.8. The lowest BCUT2D eigenvalue weighted by Crippen LogP contribution is -2.32. The number of amides is 1. The third kappa shape index (κ3) is 2.96. The molecule has 2 rings (SSSR count). The Morgan fingerprint density at radius 3 is 2.45 bits per heavy atom. The topological polar surface area (TPSA) is 40.5 Å². The van der Waals surface area contributed by atoms with E-state index in [2.05, 4.69) is 0 Å². The number of nitrogens with zero attached hydrogens (tertiary/aromatic N) is 1. The highest BCUT2D eigenvalue weighted by Crippen LogP contribution is 2.22. The predicted molar refractivity (Wildman–Crippen MR) is 76.2 cm³/mol. The second-order valence-electron chi connectivity index (χ2n) is 4.39. The van der Waals surface area contributed by atoms with Crippen molar-refractivity contribution >= 4 is 11.6 Å². The number of carbonyl (C=O) groups is 1. The standard InChI is InChI=1S/C16H16FNO2/c1-2-18(14-9-5-4-8-13(14)17)16(20)11-12-7-3-6-10-15(12)19/h3-10,19H,2,11H2,1H3. The van der Waals surface area contributed by atoms with E-state index in [-0.39, 0.29) is 23.8 Å². The van der Waals surface area contributed by atoms with Crippen LogP contribution in [0.25, 0.3) is 0 Å². The number of phenolic OH excluding ortho intramolecular Hbond substituents is 1. The number of aromatic hydroxyl groups is 1. The molecule has 0 saturated carbocycles. The average molecular weight is 273 g/mol. The molecule has 20 heavy (non-hydrogen) atoms. The van der Waals surface area contributed by atoms with E-state index in [0.717, 1.165) is 0 Å². The number of halogens is 1. The summed E-state index contributed by atoms with van der Waals surface area (Å²) in [5.74, 6) is -0.607. The summed E-state index contributed by atoms with van der Waals surface area (Å²) in [6.45, 7) is 2.16. The normalized spacial score (nSPS) is 10.3. The minimum Gasteiger partial charge on any atom is -0.508 e. The largest absolute Gasteiger partial charge is 0.508 e. The molecule has 104 valence electrons. The molecule has 0 fully saturated rings. The molecule has 0 aliphatic heterocycles. The van der Waals surface area contributed by atoms with E-state index in [4.69, 9.17) is 0 Å². The van der Waals surface area contributed by atoms with Gasteiger partial charge in [-0.05, 0) is 25.1 Å². The third-order valence-electron chi connectivity index (χ3n) is 3.09. The van der Waals surface area contributed by atoms with E-state index in [0.29, 0.717) is 12.1 Å². The van der Waals surface area contributed by atoms with Crippen LogP contribution in [0.4, 0.5) is 10.1 Å². The zero-order valence-electron chi connectivity index (χ0n) is 11.2. The number of hydrogen-bond donors (Lipinski definition) is 1. The van der Waals surface area contributed by atoms with Crippen LogP contribution in [0.1, 0.15) is 12.5 Å². The van der Waals surface area contributed by atoms with Crippen LogP contribution in [0.15, 0.2) is 48.5 Å². The molecule has 4 heteroatoms. The van der Waals surface area contributed by atoms with Crippen molar-refractivity contribution in [2.45, 2.75) is 13.3 Å². The molecule has 0 heterocycles. The fraction of sp³-hybridized carbons (Fsp3) is 0.188. The fourth-order valence-electron chi connectivity index (χ4n) is 2.07. The van der Waals surface area contributed by atoms with Gasteiger partial charge in [0.25, 0.3) is 0 Å². The van der Waals surface area contributed by atoms with Gasteiger partial charge in [-0.1, -0.05) is 30.3 Å². The van der Waals surface area contributed by atoms with Crippen molar-refractivity contribution in [1.82, 2.24) is 0 Å². The molecule has 0 spiro atoms.